The van der Waals surface area contributed by atoms with Gasteiger partial charge in [0.2, 0.25) is 0 Å². The summed E-state index contributed by atoms with van der Waals surface area (Å²) >= 11 is 1.32. The number of carbonyl (C=O) groups is 1. The van der Waals surface area contributed by atoms with Crippen molar-refractivity contribution >= 4 is 33.1 Å². The maximum Gasteiger partial charge on any atom is 0.266 e. The van der Waals surface area contributed by atoms with E-state index < -0.39 is 0 Å². The molecule has 0 saturated carbocycles. The fourth-order valence-corrected chi connectivity index (χ4v) is 3.00. The number of nitriles is 1. The number of fused-ring (bicyclic) bond motifs is 1. The third-order valence-electron chi connectivity index (χ3n) is 3.02. The van der Waals surface area contributed by atoms with Gasteiger partial charge in [-0.25, -0.2) is 0 Å². The highest BCUT2D eigenvalue weighted by atomic mass is 32.1. The second-order valence-corrected chi connectivity index (χ2v) is 5.44. The summed E-state index contributed by atoms with van der Waals surface area (Å²) in [6, 6.07) is 5.74. The molecule has 2 N–H and O–H groups in total. The number of pyridine rings is 1. The number of rotatable bonds is 6. The number of hydrogen-bond acceptors (Lipinski definition) is 6. The van der Waals surface area contributed by atoms with Crippen LogP contribution in [0, 0.1) is 11.3 Å². The molecule has 6 nitrogen and oxygen atoms in total. The van der Waals surface area contributed by atoms with Gasteiger partial charge in [-0.2, -0.15) is 5.26 Å². The van der Waals surface area contributed by atoms with Crippen molar-refractivity contribution < 1.29 is 9.53 Å². The Morgan fingerprint density at radius 2 is 2.38 bits per heavy atom. The third kappa shape index (κ3) is 3.29. The van der Waals surface area contributed by atoms with Gasteiger partial charge in [0.1, 0.15) is 10.4 Å². The Kier molecular flexibility index (Phi) is 5.09. The van der Waals surface area contributed by atoms with Crippen molar-refractivity contribution in [1.82, 2.24) is 9.88 Å². The van der Waals surface area contributed by atoms with Crippen molar-refractivity contribution in [2.45, 2.75) is 6.42 Å². The van der Waals surface area contributed by atoms with Gasteiger partial charge in [0, 0.05) is 26.4 Å². The topological polar surface area (TPSA) is 92.2 Å². The molecule has 0 unspecified atom stereocenters. The number of thiophene rings is 1. The highest BCUT2D eigenvalue weighted by molar-refractivity contribution is 7.21. The first-order valence-electron chi connectivity index (χ1n) is 6.47. The van der Waals surface area contributed by atoms with Gasteiger partial charge in [-0.05, 0) is 12.1 Å². The first-order chi connectivity index (χ1) is 10.2. The molecule has 0 aromatic carbocycles. The zero-order chi connectivity index (χ0) is 15.2. The number of amides is 1. The summed E-state index contributed by atoms with van der Waals surface area (Å²) in [5, 5.41) is 8.71. The molecular weight excluding hydrogens is 288 g/mol. The highest BCUT2D eigenvalue weighted by Crippen LogP contribution is 2.32. The Morgan fingerprint density at radius 1 is 1.57 bits per heavy atom. The minimum Gasteiger partial charge on any atom is -0.396 e. The summed E-state index contributed by atoms with van der Waals surface area (Å²) in [6.45, 7) is 1.21. The van der Waals surface area contributed by atoms with E-state index >= 15 is 0 Å². The van der Waals surface area contributed by atoms with Crippen LogP contribution < -0.4 is 5.73 Å². The number of nitrogen functional groups attached to an aromatic ring is 1. The maximum absolute atomic E-state index is 12.6. The van der Waals surface area contributed by atoms with Crippen LogP contribution in [-0.2, 0) is 4.74 Å². The lowest BCUT2D eigenvalue weighted by atomic mass is 10.3. The average Bonchev–Trinajstić information content (AvgIpc) is 2.84. The average molecular weight is 304 g/mol. The van der Waals surface area contributed by atoms with Crippen molar-refractivity contribution in [3.8, 4) is 6.07 Å². The van der Waals surface area contributed by atoms with Crippen LogP contribution >= 0.6 is 11.3 Å². The minimum atomic E-state index is -0.178. The summed E-state index contributed by atoms with van der Waals surface area (Å²) in [4.78, 5) is 18.9. The van der Waals surface area contributed by atoms with Crippen LogP contribution in [0.4, 0.5) is 5.69 Å². The van der Waals surface area contributed by atoms with Crippen LogP contribution in [0.3, 0.4) is 0 Å². The van der Waals surface area contributed by atoms with Crippen LogP contribution in [-0.4, -0.2) is 42.6 Å². The molecule has 0 radical (unpaired) electrons. The van der Waals surface area contributed by atoms with Gasteiger partial charge in [0.15, 0.2) is 0 Å². The predicted molar refractivity (Wildman–Crippen MR) is 82.0 cm³/mol. The van der Waals surface area contributed by atoms with Crippen molar-refractivity contribution in [3.63, 3.8) is 0 Å². The summed E-state index contributed by atoms with van der Waals surface area (Å²) < 4.78 is 5.89. The second-order valence-electron chi connectivity index (χ2n) is 4.39. The summed E-state index contributed by atoms with van der Waals surface area (Å²) in [6.07, 6.45) is 1.93. The van der Waals surface area contributed by atoms with Crippen LogP contribution in [0.25, 0.3) is 10.2 Å². The molecule has 0 atom stereocenters. The molecule has 0 aliphatic rings. The zero-order valence-electron chi connectivity index (χ0n) is 11.7. The van der Waals surface area contributed by atoms with Crippen LogP contribution in [0.15, 0.2) is 18.3 Å². The predicted octanol–water partition coefficient (Wildman–Crippen LogP) is 1.88. The number of methoxy groups -OCH3 is 1. The van der Waals surface area contributed by atoms with E-state index in [2.05, 4.69) is 4.98 Å². The number of anilines is 1. The number of ether oxygens (including phenoxy) is 1. The maximum atomic E-state index is 12.6. The molecule has 2 aromatic rings. The SMILES string of the molecule is COCCN(CCC#N)C(=O)c1sc2cccnc2c1N. The number of aromatic nitrogens is 1. The van der Waals surface area contributed by atoms with Gasteiger partial charge in [-0.3, -0.25) is 9.78 Å². The number of nitrogens with two attached hydrogens (primary N) is 1. The molecule has 0 saturated heterocycles. The van der Waals surface area contributed by atoms with Gasteiger partial charge < -0.3 is 15.4 Å². The molecule has 2 heterocycles. The number of nitrogens with zero attached hydrogens (tertiary/aromatic N) is 3. The Balaban J connectivity index is 2.29. The summed E-state index contributed by atoms with van der Waals surface area (Å²) in [7, 11) is 1.57. The number of carbonyl (C=O) groups excluding carboxylic acids is 1. The smallest absolute Gasteiger partial charge is 0.266 e. The molecule has 7 heteroatoms. The molecule has 0 spiro atoms. The molecule has 0 aliphatic heterocycles. The van der Waals surface area contributed by atoms with E-state index in [0.717, 1.165) is 4.70 Å². The highest BCUT2D eigenvalue weighted by Gasteiger charge is 2.22. The van der Waals surface area contributed by atoms with E-state index in [-0.39, 0.29) is 12.3 Å². The molecule has 21 heavy (non-hydrogen) atoms. The molecule has 0 aliphatic carbocycles. The van der Waals surface area contributed by atoms with Crippen LogP contribution in [0.1, 0.15) is 16.1 Å². The van der Waals surface area contributed by atoms with Crippen LogP contribution in [0.5, 0.6) is 0 Å². The fourth-order valence-electron chi connectivity index (χ4n) is 1.95. The monoisotopic (exact) mass is 304 g/mol. The summed E-state index contributed by atoms with van der Waals surface area (Å²) in [5.41, 5.74) is 7.09. The second kappa shape index (κ2) is 7.02. The number of hydrogen-bond donors (Lipinski definition) is 1. The van der Waals surface area contributed by atoms with E-state index in [4.69, 9.17) is 15.7 Å². The van der Waals surface area contributed by atoms with Crippen molar-refractivity contribution in [2.24, 2.45) is 0 Å². The lowest BCUT2D eigenvalue weighted by Crippen LogP contribution is -2.34. The lowest BCUT2D eigenvalue weighted by Gasteiger charge is -2.20. The van der Waals surface area contributed by atoms with E-state index in [1.54, 1.807) is 18.2 Å². The van der Waals surface area contributed by atoms with E-state index in [1.165, 1.54) is 11.3 Å². The normalized spacial score (nSPS) is 10.5. The Hall–Kier alpha value is -2.17. The molecule has 2 aromatic heterocycles. The quantitative estimate of drug-likeness (QED) is 0.879. The van der Waals surface area contributed by atoms with E-state index in [1.807, 2.05) is 18.2 Å². The molecule has 0 bridgehead atoms. The molecule has 110 valence electrons. The van der Waals surface area contributed by atoms with E-state index in [9.17, 15) is 4.79 Å². The van der Waals surface area contributed by atoms with Gasteiger partial charge in [0.25, 0.3) is 5.91 Å². The van der Waals surface area contributed by atoms with Gasteiger partial charge >= 0.3 is 0 Å². The summed E-state index contributed by atoms with van der Waals surface area (Å²) in [5.74, 6) is -0.178. The fraction of sp³-hybridized carbons (Fsp3) is 0.357. The molecule has 1 amide bonds. The molecule has 2 rings (SSSR count). The van der Waals surface area contributed by atoms with Gasteiger partial charge in [-0.1, -0.05) is 0 Å². The standard InChI is InChI=1S/C14H16N4O2S/c1-20-9-8-18(7-3-5-15)14(19)13-11(16)12-10(21-13)4-2-6-17-12/h2,4,6H,3,7-9,16H2,1H3. The van der Waals surface area contributed by atoms with E-state index in [0.29, 0.717) is 35.8 Å². The molecule has 0 fully saturated rings. The lowest BCUT2D eigenvalue weighted by molar-refractivity contribution is 0.0705. The Bertz CT molecular complexity index is 677. The van der Waals surface area contributed by atoms with Crippen LogP contribution in [0.2, 0.25) is 0 Å². The van der Waals surface area contributed by atoms with Crippen molar-refractivity contribution in [3.05, 3.63) is 23.2 Å². The van der Waals surface area contributed by atoms with Gasteiger partial charge in [-0.15, -0.1) is 11.3 Å². The van der Waals surface area contributed by atoms with Gasteiger partial charge in [0.05, 0.1) is 29.5 Å². The Morgan fingerprint density at radius 3 is 3.05 bits per heavy atom. The first-order valence-corrected chi connectivity index (χ1v) is 7.28. The third-order valence-corrected chi connectivity index (χ3v) is 4.17. The minimum absolute atomic E-state index is 0.178. The largest absolute Gasteiger partial charge is 0.396 e. The van der Waals surface area contributed by atoms with Crippen molar-refractivity contribution in [2.75, 3.05) is 32.5 Å². The Labute approximate surface area is 126 Å². The van der Waals surface area contributed by atoms with Crippen molar-refractivity contribution in [1.29, 1.82) is 5.26 Å². The zero-order valence-corrected chi connectivity index (χ0v) is 12.5. The first kappa shape index (κ1) is 15.2. The molecular formula is C14H16N4O2S.